The minimum Gasteiger partial charge on any atom is -0.465 e. The van der Waals surface area contributed by atoms with E-state index in [0.717, 1.165) is 10.6 Å². The summed E-state index contributed by atoms with van der Waals surface area (Å²) in [7, 11) is 0. The van der Waals surface area contributed by atoms with Gasteiger partial charge in [-0.15, -0.1) is 11.3 Å². The van der Waals surface area contributed by atoms with E-state index in [1.54, 1.807) is 26.2 Å². The maximum Gasteiger partial charge on any atom is 0.413 e. The zero-order chi connectivity index (χ0) is 16.3. The molecule has 8 heteroatoms. The fourth-order valence-corrected chi connectivity index (χ4v) is 2.75. The third kappa shape index (κ3) is 4.45. The number of hydrogen-bond donors (Lipinski definition) is 2. The first kappa shape index (κ1) is 16.3. The number of rotatable bonds is 2. The summed E-state index contributed by atoms with van der Waals surface area (Å²) in [5.41, 5.74) is 0.439. The van der Waals surface area contributed by atoms with Gasteiger partial charge in [-0.3, -0.25) is 5.32 Å². The number of carbonyl (C=O) groups is 2. The minimum atomic E-state index is -0.915. The third-order valence-corrected chi connectivity index (χ3v) is 3.81. The summed E-state index contributed by atoms with van der Waals surface area (Å²) >= 11 is 1.41. The number of ether oxygens (including phenoxy) is 1. The van der Waals surface area contributed by atoms with Crippen molar-refractivity contribution in [1.29, 1.82) is 0 Å². The highest BCUT2D eigenvalue weighted by Crippen LogP contribution is 2.27. The summed E-state index contributed by atoms with van der Waals surface area (Å²) < 4.78 is 5.16. The molecule has 0 saturated carbocycles. The lowest BCUT2D eigenvalue weighted by molar-refractivity contribution is 0.0635. The summed E-state index contributed by atoms with van der Waals surface area (Å²) in [5.74, 6) is 0.441. The quantitative estimate of drug-likeness (QED) is 0.871. The van der Waals surface area contributed by atoms with Crippen molar-refractivity contribution in [2.24, 2.45) is 0 Å². The second-order valence-electron chi connectivity index (χ2n) is 5.87. The van der Waals surface area contributed by atoms with E-state index in [-0.39, 0.29) is 0 Å². The lowest BCUT2D eigenvalue weighted by atomic mass is 10.1. The number of aromatic nitrogens is 1. The largest absolute Gasteiger partial charge is 0.465 e. The van der Waals surface area contributed by atoms with Gasteiger partial charge in [0.2, 0.25) is 0 Å². The molecule has 2 amide bonds. The average molecular weight is 325 g/mol. The topological polar surface area (TPSA) is 91.8 Å². The fraction of sp³-hybridized carbons (Fsp3) is 0.500. The molecule has 0 unspecified atom stereocenters. The summed E-state index contributed by atoms with van der Waals surface area (Å²) in [6, 6.07) is 0. The van der Waals surface area contributed by atoms with Crippen molar-refractivity contribution in [2.45, 2.75) is 32.8 Å². The highest BCUT2D eigenvalue weighted by molar-refractivity contribution is 7.11. The molecule has 1 aromatic heterocycles. The Labute approximate surface area is 132 Å². The number of carbonyl (C=O) groups excluding carboxylic acids is 1. The van der Waals surface area contributed by atoms with Crippen molar-refractivity contribution in [3.8, 4) is 0 Å². The van der Waals surface area contributed by atoms with Crippen molar-refractivity contribution in [2.75, 3.05) is 18.4 Å². The molecule has 120 valence electrons. The molecule has 7 nitrogen and oxygen atoms in total. The number of nitrogens with one attached hydrogen (secondary N) is 1. The maximum atomic E-state index is 11.7. The van der Waals surface area contributed by atoms with Gasteiger partial charge in [-0.1, -0.05) is 6.08 Å². The number of anilines is 1. The van der Waals surface area contributed by atoms with Crippen LogP contribution in [-0.4, -0.2) is 45.9 Å². The van der Waals surface area contributed by atoms with Crippen LogP contribution in [-0.2, 0) is 4.74 Å². The fourth-order valence-electron chi connectivity index (χ4n) is 1.92. The average Bonchev–Trinajstić information content (AvgIpc) is 2.85. The van der Waals surface area contributed by atoms with Crippen LogP contribution in [0.1, 0.15) is 32.2 Å². The summed E-state index contributed by atoms with van der Waals surface area (Å²) in [6.45, 7) is 6.19. The standard InChI is InChI=1S/C14H19N3O4S/c1-14(2,3)21-12(18)16-10-8-22-11(15-10)9-4-6-17(7-5-9)13(19)20/h4,8H,5-7H2,1-3H3,(H,16,18)(H,19,20). The zero-order valence-electron chi connectivity index (χ0n) is 12.8. The highest BCUT2D eigenvalue weighted by atomic mass is 32.1. The first-order valence-electron chi connectivity index (χ1n) is 6.87. The Kier molecular flexibility index (Phi) is 4.70. The normalized spacial score (nSPS) is 15.2. The van der Waals surface area contributed by atoms with Gasteiger partial charge in [0, 0.05) is 18.5 Å². The van der Waals surface area contributed by atoms with E-state index < -0.39 is 17.8 Å². The van der Waals surface area contributed by atoms with Crippen molar-refractivity contribution in [3.63, 3.8) is 0 Å². The number of nitrogens with zero attached hydrogens (tertiary/aromatic N) is 2. The number of thiazole rings is 1. The van der Waals surface area contributed by atoms with Crippen LogP contribution in [0.15, 0.2) is 11.5 Å². The van der Waals surface area contributed by atoms with Crippen molar-refractivity contribution >= 4 is 34.9 Å². The molecule has 0 bridgehead atoms. The predicted molar refractivity (Wildman–Crippen MR) is 84.2 cm³/mol. The Morgan fingerprint density at radius 1 is 1.45 bits per heavy atom. The van der Waals surface area contributed by atoms with Crippen LogP contribution in [0.5, 0.6) is 0 Å². The first-order chi connectivity index (χ1) is 10.2. The molecule has 0 spiro atoms. The van der Waals surface area contributed by atoms with Gasteiger partial charge in [-0.05, 0) is 32.8 Å². The maximum absolute atomic E-state index is 11.7. The number of hydrogen-bond acceptors (Lipinski definition) is 5. The van der Waals surface area contributed by atoms with Gasteiger partial charge in [0.15, 0.2) is 0 Å². The summed E-state index contributed by atoms with van der Waals surface area (Å²) in [6.07, 6.45) is 1.01. The summed E-state index contributed by atoms with van der Waals surface area (Å²) in [4.78, 5) is 28.2. The van der Waals surface area contributed by atoms with Crippen molar-refractivity contribution in [1.82, 2.24) is 9.88 Å². The molecular weight excluding hydrogens is 306 g/mol. The van der Waals surface area contributed by atoms with Gasteiger partial charge in [0.05, 0.1) is 0 Å². The van der Waals surface area contributed by atoms with E-state index in [1.165, 1.54) is 16.2 Å². The first-order valence-corrected chi connectivity index (χ1v) is 7.75. The molecule has 1 aliphatic heterocycles. The molecule has 0 atom stereocenters. The molecule has 2 rings (SSSR count). The van der Waals surface area contributed by atoms with E-state index >= 15 is 0 Å². The molecule has 1 aliphatic rings. The molecule has 0 fully saturated rings. The van der Waals surface area contributed by atoms with Gasteiger partial charge >= 0.3 is 12.2 Å². The van der Waals surface area contributed by atoms with Crippen LogP contribution in [0.2, 0.25) is 0 Å². The molecule has 2 N–H and O–H groups in total. The minimum absolute atomic E-state index is 0.360. The lowest BCUT2D eigenvalue weighted by Gasteiger charge is -2.22. The smallest absolute Gasteiger partial charge is 0.413 e. The Morgan fingerprint density at radius 3 is 2.73 bits per heavy atom. The molecule has 0 aliphatic carbocycles. The van der Waals surface area contributed by atoms with Crippen LogP contribution < -0.4 is 5.32 Å². The Hall–Kier alpha value is -2.09. The van der Waals surface area contributed by atoms with E-state index in [2.05, 4.69) is 10.3 Å². The third-order valence-electron chi connectivity index (χ3n) is 2.89. The Balaban J connectivity index is 1.97. The van der Waals surface area contributed by atoms with E-state index in [9.17, 15) is 9.59 Å². The second-order valence-corrected chi connectivity index (χ2v) is 6.73. The SMILES string of the molecule is CC(C)(C)OC(=O)Nc1csc(C2=CCN(C(=O)O)CC2)n1. The van der Waals surface area contributed by atoms with Gasteiger partial charge in [-0.25, -0.2) is 14.6 Å². The highest BCUT2D eigenvalue weighted by Gasteiger charge is 2.20. The van der Waals surface area contributed by atoms with Gasteiger partial charge in [0.1, 0.15) is 16.4 Å². The van der Waals surface area contributed by atoms with Crippen LogP contribution in [0.25, 0.3) is 5.57 Å². The van der Waals surface area contributed by atoms with Crippen LogP contribution >= 0.6 is 11.3 Å². The molecular formula is C14H19N3O4S. The Bertz CT molecular complexity index is 603. The molecule has 0 radical (unpaired) electrons. The van der Waals surface area contributed by atoms with Crippen molar-refractivity contribution in [3.05, 3.63) is 16.5 Å². The molecule has 2 heterocycles. The van der Waals surface area contributed by atoms with Gasteiger partial charge in [0.25, 0.3) is 0 Å². The zero-order valence-corrected chi connectivity index (χ0v) is 13.6. The Morgan fingerprint density at radius 2 is 2.18 bits per heavy atom. The molecule has 0 aromatic carbocycles. The van der Waals surface area contributed by atoms with Gasteiger partial charge < -0.3 is 14.7 Å². The van der Waals surface area contributed by atoms with E-state index in [0.29, 0.717) is 25.3 Å². The summed E-state index contributed by atoms with van der Waals surface area (Å²) in [5, 5.41) is 14.0. The van der Waals surface area contributed by atoms with E-state index in [4.69, 9.17) is 9.84 Å². The van der Waals surface area contributed by atoms with E-state index in [1.807, 2.05) is 6.08 Å². The van der Waals surface area contributed by atoms with Crippen LogP contribution in [0, 0.1) is 0 Å². The molecule has 1 aromatic rings. The van der Waals surface area contributed by atoms with Crippen molar-refractivity contribution < 1.29 is 19.4 Å². The second kappa shape index (κ2) is 6.35. The monoisotopic (exact) mass is 325 g/mol. The number of carboxylic acid groups (broad SMARTS) is 1. The molecule has 0 saturated heterocycles. The number of amides is 2. The predicted octanol–water partition coefficient (Wildman–Crippen LogP) is 3.26. The molecule has 22 heavy (non-hydrogen) atoms. The van der Waals surface area contributed by atoms with Gasteiger partial charge in [-0.2, -0.15) is 0 Å². The van der Waals surface area contributed by atoms with Crippen LogP contribution in [0.3, 0.4) is 0 Å². The lowest BCUT2D eigenvalue weighted by Crippen LogP contribution is -2.33. The van der Waals surface area contributed by atoms with Crippen LogP contribution in [0.4, 0.5) is 15.4 Å².